The summed E-state index contributed by atoms with van der Waals surface area (Å²) in [6.07, 6.45) is 9.62. The molecule has 3 unspecified atom stereocenters. The fourth-order valence-corrected chi connectivity index (χ4v) is 3.92. The van der Waals surface area contributed by atoms with Crippen LogP contribution in [0.15, 0.2) is 12.4 Å². The van der Waals surface area contributed by atoms with Crippen LogP contribution in [0.1, 0.15) is 44.2 Å². The molecule has 1 aromatic heterocycles. The Morgan fingerprint density at radius 2 is 2.11 bits per heavy atom. The van der Waals surface area contributed by atoms with Gasteiger partial charge in [-0.05, 0) is 31.1 Å². The lowest BCUT2D eigenvalue weighted by molar-refractivity contribution is 0.231. The van der Waals surface area contributed by atoms with Crippen molar-refractivity contribution in [1.29, 1.82) is 0 Å². The van der Waals surface area contributed by atoms with Gasteiger partial charge in [-0.1, -0.05) is 13.3 Å². The minimum Gasteiger partial charge on any atom is -0.329 e. The molecule has 2 heterocycles. The van der Waals surface area contributed by atoms with Crippen LogP contribution in [0.25, 0.3) is 0 Å². The van der Waals surface area contributed by atoms with Crippen molar-refractivity contribution in [3.05, 3.63) is 18.0 Å². The Hall–Kier alpha value is -0.870. The van der Waals surface area contributed by atoms with Gasteiger partial charge < -0.3 is 5.73 Å². The highest BCUT2D eigenvalue weighted by molar-refractivity contribution is 5.12. The van der Waals surface area contributed by atoms with E-state index >= 15 is 0 Å². The number of aromatic nitrogens is 2. The summed E-state index contributed by atoms with van der Waals surface area (Å²) in [5, 5.41) is 4.45. The van der Waals surface area contributed by atoms with E-state index < -0.39 is 0 Å². The molecule has 0 aromatic carbocycles. The molecular weight excluding hydrogens is 236 g/mol. The Bertz CT molecular complexity index is 402. The topological polar surface area (TPSA) is 47.1 Å². The second kappa shape index (κ2) is 5.63. The van der Waals surface area contributed by atoms with E-state index in [2.05, 4.69) is 27.8 Å². The molecule has 4 nitrogen and oxygen atoms in total. The number of aryl methyl sites for hydroxylation is 1. The van der Waals surface area contributed by atoms with Crippen LogP contribution < -0.4 is 5.73 Å². The zero-order valence-electron chi connectivity index (χ0n) is 12.0. The molecule has 3 atom stereocenters. The molecule has 0 amide bonds. The van der Waals surface area contributed by atoms with Gasteiger partial charge in [-0.3, -0.25) is 9.58 Å². The van der Waals surface area contributed by atoms with Crippen molar-refractivity contribution >= 4 is 0 Å². The van der Waals surface area contributed by atoms with Crippen LogP contribution in [0, 0.1) is 11.8 Å². The van der Waals surface area contributed by atoms with Gasteiger partial charge in [0, 0.05) is 37.9 Å². The predicted molar refractivity (Wildman–Crippen MR) is 76.7 cm³/mol. The zero-order valence-corrected chi connectivity index (χ0v) is 12.0. The van der Waals surface area contributed by atoms with Gasteiger partial charge in [0.1, 0.15) is 0 Å². The molecule has 1 saturated carbocycles. The fraction of sp³-hybridized carbons (Fsp3) is 0.800. The van der Waals surface area contributed by atoms with E-state index in [-0.39, 0.29) is 0 Å². The number of fused-ring (bicyclic) bond motifs is 1. The Morgan fingerprint density at radius 3 is 2.74 bits per heavy atom. The van der Waals surface area contributed by atoms with E-state index in [1.54, 1.807) is 0 Å². The molecule has 2 N–H and O–H groups in total. The highest BCUT2D eigenvalue weighted by atomic mass is 15.3. The normalized spacial score (nSPS) is 28.7. The second-order valence-corrected chi connectivity index (χ2v) is 6.19. The van der Waals surface area contributed by atoms with Crippen molar-refractivity contribution < 1.29 is 0 Å². The lowest BCUT2D eigenvalue weighted by Crippen LogP contribution is -2.32. The van der Waals surface area contributed by atoms with Crippen LogP contribution in [-0.2, 0) is 6.54 Å². The molecule has 19 heavy (non-hydrogen) atoms. The minimum absolute atomic E-state index is 0.371. The lowest BCUT2D eigenvalue weighted by Gasteiger charge is -2.26. The summed E-state index contributed by atoms with van der Waals surface area (Å²) in [6, 6.07) is 0.371. The third kappa shape index (κ3) is 2.56. The molecule has 1 aliphatic heterocycles. The largest absolute Gasteiger partial charge is 0.329 e. The Morgan fingerprint density at radius 1 is 1.37 bits per heavy atom. The summed E-state index contributed by atoms with van der Waals surface area (Å²) < 4.78 is 2.05. The smallest absolute Gasteiger partial charge is 0.0538 e. The fourth-order valence-electron chi connectivity index (χ4n) is 3.92. The molecule has 1 aromatic rings. The quantitative estimate of drug-likeness (QED) is 0.883. The van der Waals surface area contributed by atoms with Crippen molar-refractivity contribution in [1.82, 2.24) is 14.7 Å². The van der Waals surface area contributed by atoms with Crippen LogP contribution in [0.2, 0.25) is 0 Å². The molecule has 2 aliphatic rings. The van der Waals surface area contributed by atoms with Gasteiger partial charge in [0.25, 0.3) is 0 Å². The van der Waals surface area contributed by atoms with Crippen LogP contribution in [-0.4, -0.2) is 34.3 Å². The number of hydrogen-bond acceptors (Lipinski definition) is 3. The first-order valence-electron chi connectivity index (χ1n) is 7.78. The third-order valence-electron chi connectivity index (χ3n) is 4.91. The maximum Gasteiger partial charge on any atom is 0.0538 e. The molecule has 0 spiro atoms. The van der Waals surface area contributed by atoms with Gasteiger partial charge in [0.05, 0.1) is 12.2 Å². The summed E-state index contributed by atoms with van der Waals surface area (Å²) in [6.45, 7) is 6.38. The number of hydrogen-bond donors (Lipinski definition) is 1. The van der Waals surface area contributed by atoms with Crippen molar-refractivity contribution in [2.45, 2.75) is 45.2 Å². The second-order valence-electron chi connectivity index (χ2n) is 6.19. The SMILES string of the molecule is CCCn1cc(C(CN)N2CC3CCCC3C2)cn1. The molecule has 106 valence electrons. The van der Waals surface area contributed by atoms with Gasteiger partial charge in [-0.25, -0.2) is 0 Å². The van der Waals surface area contributed by atoms with E-state index in [1.807, 2.05) is 6.20 Å². The zero-order chi connectivity index (χ0) is 13.2. The molecule has 3 rings (SSSR count). The summed E-state index contributed by atoms with van der Waals surface area (Å²) in [7, 11) is 0. The molecule has 0 bridgehead atoms. The molecule has 1 aliphatic carbocycles. The van der Waals surface area contributed by atoms with Gasteiger partial charge in [0.15, 0.2) is 0 Å². The summed E-state index contributed by atoms with van der Waals surface area (Å²) in [4.78, 5) is 2.60. The highest BCUT2D eigenvalue weighted by Crippen LogP contribution is 2.40. The number of rotatable bonds is 5. The molecule has 0 radical (unpaired) electrons. The maximum atomic E-state index is 6.04. The van der Waals surface area contributed by atoms with Crippen molar-refractivity contribution in [2.24, 2.45) is 17.6 Å². The van der Waals surface area contributed by atoms with Crippen LogP contribution in [0.5, 0.6) is 0 Å². The average Bonchev–Trinajstić information content (AvgIpc) is 3.06. The first-order chi connectivity index (χ1) is 9.31. The van der Waals surface area contributed by atoms with Crippen LogP contribution >= 0.6 is 0 Å². The summed E-state index contributed by atoms with van der Waals surface area (Å²) in [5.41, 5.74) is 7.34. The molecular formula is C15H26N4. The standard InChI is InChI=1S/C15H26N4/c1-2-6-19-11-14(8-17-19)15(7-16)18-9-12-4-3-5-13(12)10-18/h8,11-13,15H,2-7,9-10,16H2,1H3. The van der Waals surface area contributed by atoms with Crippen LogP contribution in [0.4, 0.5) is 0 Å². The number of nitrogens with zero attached hydrogens (tertiary/aromatic N) is 3. The van der Waals surface area contributed by atoms with E-state index in [9.17, 15) is 0 Å². The average molecular weight is 262 g/mol. The van der Waals surface area contributed by atoms with Crippen molar-refractivity contribution in [3.8, 4) is 0 Å². The van der Waals surface area contributed by atoms with E-state index in [1.165, 1.54) is 37.9 Å². The lowest BCUT2D eigenvalue weighted by atomic mass is 10.0. The molecule has 2 fully saturated rings. The van der Waals surface area contributed by atoms with E-state index in [4.69, 9.17) is 5.73 Å². The van der Waals surface area contributed by atoms with Crippen molar-refractivity contribution in [2.75, 3.05) is 19.6 Å². The third-order valence-corrected chi connectivity index (χ3v) is 4.91. The van der Waals surface area contributed by atoms with Gasteiger partial charge >= 0.3 is 0 Å². The Balaban J connectivity index is 1.69. The Labute approximate surface area is 116 Å². The van der Waals surface area contributed by atoms with Crippen molar-refractivity contribution in [3.63, 3.8) is 0 Å². The van der Waals surface area contributed by atoms with Gasteiger partial charge in [0.2, 0.25) is 0 Å². The maximum absolute atomic E-state index is 6.04. The number of nitrogens with two attached hydrogens (primary N) is 1. The minimum atomic E-state index is 0.371. The summed E-state index contributed by atoms with van der Waals surface area (Å²) >= 11 is 0. The molecule has 1 saturated heterocycles. The van der Waals surface area contributed by atoms with Crippen LogP contribution in [0.3, 0.4) is 0 Å². The first-order valence-corrected chi connectivity index (χ1v) is 7.78. The monoisotopic (exact) mass is 262 g/mol. The number of likely N-dealkylation sites (tertiary alicyclic amines) is 1. The first kappa shape index (κ1) is 13.1. The van der Waals surface area contributed by atoms with E-state index in [0.717, 1.165) is 24.8 Å². The highest BCUT2D eigenvalue weighted by Gasteiger charge is 2.38. The van der Waals surface area contributed by atoms with E-state index in [0.29, 0.717) is 12.6 Å². The van der Waals surface area contributed by atoms with Gasteiger partial charge in [-0.2, -0.15) is 5.10 Å². The predicted octanol–water partition coefficient (Wildman–Crippen LogP) is 2.02. The Kier molecular flexibility index (Phi) is 3.89. The summed E-state index contributed by atoms with van der Waals surface area (Å²) in [5.74, 6) is 1.86. The molecule has 4 heteroatoms. The van der Waals surface area contributed by atoms with Gasteiger partial charge in [-0.15, -0.1) is 0 Å².